The van der Waals surface area contributed by atoms with Gasteiger partial charge >= 0.3 is 0 Å². The molecular weight excluding hydrogens is 176 g/mol. The first-order valence-electron chi connectivity index (χ1n) is 4.34. The van der Waals surface area contributed by atoms with Crippen molar-refractivity contribution in [2.45, 2.75) is 13.8 Å². The molecule has 0 spiro atoms. The third kappa shape index (κ3) is 1.29. The van der Waals surface area contributed by atoms with Crippen LogP contribution in [-0.4, -0.2) is 0 Å². The molecule has 0 N–H and O–H groups in total. The second-order valence-electron chi connectivity index (χ2n) is 3.24. The molecule has 1 heterocycles. The Kier molecular flexibility index (Phi) is 1.97. The lowest BCUT2D eigenvalue weighted by Gasteiger charge is -1.94. The van der Waals surface area contributed by atoms with Crippen LogP contribution < -0.4 is 0 Å². The van der Waals surface area contributed by atoms with E-state index < -0.39 is 0 Å². The Hall–Kier alpha value is -1.08. The summed E-state index contributed by atoms with van der Waals surface area (Å²) in [4.78, 5) is 1.41. The molecule has 2 rings (SSSR count). The molecule has 0 aliphatic heterocycles. The predicted molar refractivity (Wildman–Crippen MR) is 61.4 cm³/mol. The van der Waals surface area contributed by atoms with Gasteiger partial charge < -0.3 is 0 Å². The molecule has 0 aliphatic carbocycles. The van der Waals surface area contributed by atoms with Crippen LogP contribution in [0.3, 0.4) is 0 Å². The average Bonchev–Trinajstić information content (AvgIpc) is 2.43. The van der Waals surface area contributed by atoms with Gasteiger partial charge in [0.05, 0.1) is 0 Å². The Morgan fingerprint density at radius 3 is 2.77 bits per heavy atom. The van der Waals surface area contributed by atoms with Crippen LogP contribution in [0, 0.1) is 13.8 Å². The number of aryl methyl sites for hydroxylation is 2. The van der Waals surface area contributed by atoms with E-state index in [1.54, 1.807) is 0 Å². The summed E-state index contributed by atoms with van der Waals surface area (Å²) < 4.78 is 1.38. The van der Waals surface area contributed by atoms with Crippen molar-refractivity contribution in [1.29, 1.82) is 0 Å². The van der Waals surface area contributed by atoms with E-state index in [0.717, 1.165) is 0 Å². The standard InChI is InChI=1S/C12H12S/c1-4-10-5-6-12-11(7-10)8(2)9(3)13-12/h4-7H,1H2,2-3H3. The highest BCUT2D eigenvalue weighted by Crippen LogP contribution is 2.30. The molecule has 0 atom stereocenters. The van der Waals surface area contributed by atoms with Gasteiger partial charge in [0.2, 0.25) is 0 Å². The van der Waals surface area contributed by atoms with Crippen LogP contribution in [-0.2, 0) is 0 Å². The third-order valence-corrected chi connectivity index (χ3v) is 3.62. The van der Waals surface area contributed by atoms with Crippen LogP contribution in [0.5, 0.6) is 0 Å². The second-order valence-corrected chi connectivity index (χ2v) is 4.50. The number of hydrogen-bond donors (Lipinski definition) is 0. The largest absolute Gasteiger partial charge is 0.140 e. The molecule has 0 aliphatic rings. The summed E-state index contributed by atoms with van der Waals surface area (Å²) in [6, 6.07) is 6.50. The van der Waals surface area contributed by atoms with E-state index in [1.165, 1.54) is 26.1 Å². The Balaban J connectivity index is 2.81. The molecular formula is C12H12S. The monoisotopic (exact) mass is 188 g/mol. The van der Waals surface area contributed by atoms with Crippen LogP contribution in [0.15, 0.2) is 24.8 Å². The Labute approximate surface area is 82.5 Å². The van der Waals surface area contributed by atoms with Crippen LogP contribution in [0.2, 0.25) is 0 Å². The summed E-state index contributed by atoms with van der Waals surface area (Å²) in [6.07, 6.45) is 1.89. The van der Waals surface area contributed by atoms with Crippen molar-refractivity contribution in [3.05, 3.63) is 40.8 Å². The first-order valence-corrected chi connectivity index (χ1v) is 5.16. The Morgan fingerprint density at radius 1 is 1.31 bits per heavy atom. The van der Waals surface area contributed by atoms with E-state index in [9.17, 15) is 0 Å². The second kappa shape index (κ2) is 3.00. The zero-order valence-corrected chi connectivity index (χ0v) is 8.74. The highest BCUT2D eigenvalue weighted by Gasteiger charge is 2.03. The van der Waals surface area contributed by atoms with E-state index in [2.05, 4.69) is 38.6 Å². The first-order chi connectivity index (χ1) is 6.22. The fourth-order valence-corrected chi connectivity index (χ4v) is 2.54. The fourth-order valence-electron chi connectivity index (χ4n) is 1.49. The normalized spacial score (nSPS) is 10.6. The molecule has 0 bridgehead atoms. The van der Waals surface area contributed by atoms with Crippen LogP contribution in [0.25, 0.3) is 16.2 Å². The van der Waals surface area contributed by atoms with Gasteiger partial charge in [0.1, 0.15) is 0 Å². The quantitative estimate of drug-likeness (QED) is 0.630. The Bertz CT molecular complexity index is 463. The van der Waals surface area contributed by atoms with Gasteiger partial charge in [-0.3, -0.25) is 0 Å². The van der Waals surface area contributed by atoms with E-state index >= 15 is 0 Å². The fraction of sp³-hybridized carbons (Fsp3) is 0.167. The van der Waals surface area contributed by atoms with Crippen LogP contribution in [0.1, 0.15) is 16.0 Å². The van der Waals surface area contributed by atoms with Gasteiger partial charge in [0.15, 0.2) is 0 Å². The minimum Gasteiger partial charge on any atom is -0.140 e. The van der Waals surface area contributed by atoms with Crippen molar-refractivity contribution in [1.82, 2.24) is 0 Å². The lowest BCUT2D eigenvalue weighted by Crippen LogP contribution is -1.73. The molecule has 0 unspecified atom stereocenters. The van der Waals surface area contributed by atoms with Gasteiger partial charge in [-0.15, -0.1) is 11.3 Å². The molecule has 0 saturated carbocycles. The van der Waals surface area contributed by atoms with Crippen molar-refractivity contribution in [2.75, 3.05) is 0 Å². The van der Waals surface area contributed by atoms with Gasteiger partial charge in [0, 0.05) is 9.58 Å². The number of rotatable bonds is 1. The maximum atomic E-state index is 3.78. The molecule has 0 radical (unpaired) electrons. The highest BCUT2D eigenvalue weighted by molar-refractivity contribution is 7.19. The third-order valence-electron chi connectivity index (χ3n) is 2.43. The van der Waals surface area contributed by atoms with E-state index in [4.69, 9.17) is 0 Å². The van der Waals surface area contributed by atoms with Gasteiger partial charge in [0.25, 0.3) is 0 Å². The lowest BCUT2D eigenvalue weighted by atomic mass is 10.1. The van der Waals surface area contributed by atoms with E-state index in [-0.39, 0.29) is 0 Å². The molecule has 0 saturated heterocycles. The number of fused-ring (bicyclic) bond motifs is 1. The number of benzene rings is 1. The molecule has 0 amide bonds. The van der Waals surface area contributed by atoms with Gasteiger partial charge in [-0.25, -0.2) is 0 Å². The minimum atomic E-state index is 1.20. The summed E-state index contributed by atoms with van der Waals surface area (Å²) in [6.45, 7) is 8.13. The number of hydrogen-bond acceptors (Lipinski definition) is 1. The molecule has 13 heavy (non-hydrogen) atoms. The summed E-state index contributed by atoms with van der Waals surface area (Å²) in [5.41, 5.74) is 2.61. The van der Waals surface area contributed by atoms with Crippen molar-refractivity contribution < 1.29 is 0 Å². The summed E-state index contributed by atoms with van der Waals surface area (Å²) in [5, 5.41) is 1.37. The highest BCUT2D eigenvalue weighted by atomic mass is 32.1. The topological polar surface area (TPSA) is 0 Å². The molecule has 0 fully saturated rings. The summed E-state index contributed by atoms with van der Waals surface area (Å²) >= 11 is 1.86. The van der Waals surface area contributed by atoms with Gasteiger partial charge in [-0.1, -0.05) is 18.7 Å². The average molecular weight is 188 g/mol. The number of thiophene rings is 1. The Morgan fingerprint density at radius 2 is 2.08 bits per heavy atom. The van der Waals surface area contributed by atoms with Crippen molar-refractivity contribution in [2.24, 2.45) is 0 Å². The molecule has 0 nitrogen and oxygen atoms in total. The van der Waals surface area contributed by atoms with Crippen LogP contribution in [0.4, 0.5) is 0 Å². The SMILES string of the molecule is C=Cc1ccc2sc(C)c(C)c2c1. The van der Waals surface area contributed by atoms with Crippen molar-refractivity contribution in [3.63, 3.8) is 0 Å². The molecule has 66 valence electrons. The van der Waals surface area contributed by atoms with Crippen molar-refractivity contribution in [3.8, 4) is 0 Å². The van der Waals surface area contributed by atoms with Crippen molar-refractivity contribution >= 4 is 27.5 Å². The molecule has 1 aromatic carbocycles. The maximum absolute atomic E-state index is 3.78. The zero-order chi connectivity index (χ0) is 9.42. The first kappa shape index (κ1) is 8.52. The van der Waals surface area contributed by atoms with Crippen LogP contribution >= 0.6 is 11.3 Å². The molecule has 1 aromatic heterocycles. The predicted octanol–water partition coefficient (Wildman–Crippen LogP) is 4.16. The zero-order valence-electron chi connectivity index (χ0n) is 7.92. The maximum Gasteiger partial charge on any atom is 0.0348 e. The summed E-state index contributed by atoms with van der Waals surface area (Å²) in [7, 11) is 0. The molecule has 2 aromatic rings. The van der Waals surface area contributed by atoms with E-state index in [1.807, 2.05) is 17.4 Å². The lowest BCUT2D eigenvalue weighted by molar-refractivity contribution is 1.47. The molecule has 1 heteroatoms. The van der Waals surface area contributed by atoms with Gasteiger partial charge in [-0.05, 0) is 42.5 Å². The van der Waals surface area contributed by atoms with E-state index in [0.29, 0.717) is 0 Å². The van der Waals surface area contributed by atoms with Gasteiger partial charge in [-0.2, -0.15) is 0 Å². The minimum absolute atomic E-state index is 1.20. The summed E-state index contributed by atoms with van der Waals surface area (Å²) in [5.74, 6) is 0. The smallest absolute Gasteiger partial charge is 0.0348 e.